The van der Waals surface area contributed by atoms with Gasteiger partial charge in [0.05, 0.1) is 6.61 Å². The van der Waals surface area contributed by atoms with Crippen molar-refractivity contribution in [2.45, 2.75) is 19.6 Å². The average Bonchev–Trinajstić information content (AvgIpc) is 2.55. The third-order valence-electron chi connectivity index (χ3n) is 3.74. The number of nitrogens with zero attached hydrogens (tertiary/aromatic N) is 3. The maximum absolute atomic E-state index is 12.5. The fourth-order valence-electron chi connectivity index (χ4n) is 2.70. The van der Waals surface area contributed by atoms with Crippen LogP contribution in [0.1, 0.15) is 27.0 Å². The van der Waals surface area contributed by atoms with Crippen molar-refractivity contribution >= 4 is 5.91 Å². The number of fused-ring (bicyclic) bond motifs is 1. The monoisotopic (exact) mass is 283 g/mol. The standard InChI is InChI=1S/C16H17N3O2/c1-21-11-14-9-18-8-13-10-19(7-4-15(13)14)16(20)12-2-5-17-6-3-12/h2-3,5-6,8-9H,4,7,10-11H2,1H3. The summed E-state index contributed by atoms with van der Waals surface area (Å²) in [5, 5.41) is 0. The van der Waals surface area contributed by atoms with E-state index in [-0.39, 0.29) is 5.91 Å². The Labute approximate surface area is 123 Å². The minimum Gasteiger partial charge on any atom is -0.380 e. The maximum atomic E-state index is 12.5. The Morgan fingerprint density at radius 1 is 1.29 bits per heavy atom. The number of amides is 1. The minimum atomic E-state index is 0.0418. The zero-order chi connectivity index (χ0) is 14.7. The van der Waals surface area contributed by atoms with E-state index in [0.29, 0.717) is 18.7 Å². The number of aromatic nitrogens is 2. The molecular formula is C16H17N3O2. The molecule has 0 aromatic carbocycles. The summed E-state index contributed by atoms with van der Waals surface area (Å²) in [5.74, 6) is 0.0418. The summed E-state index contributed by atoms with van der Waals surface area (Å²) in [4.78, 5) is 22.5. The van der Waals surface area contributed by atoms with Gasteiger partial charge in [-0.2, -0.15) is 0 Å². The molecule has 0 N–H and O–H groups in total. The van der Waals surface area contributed by atoms with Crippen molar-refractivity contribution in [3.05, 3.63) is 59.2 Å². The third-order valence-corrected chi connectivity index (χ3v) is 3.74. The molecule has 0 spiro atoms. The highest BCUT2D eigenvalue weighted by molar-refractivity contribution is 5.94. The van der Waals surface area contributed by atoms with Gasteiger partial charge >= 0.3 is 0 Å². The average molecular weight is 283 g/mol. The molecule has 108 valence electrons. The Hall–Kier alpha value is -2.27. The van der Waals surface area contributed by atoms with Gasteiger partial charge < -0.3 is 9.64 Å². The van der Waals surface area contributed by atoms with Crippen LogP contribution in [-0.2, 0) is 24.3 Å². The molecule has 0 unspecified atom stereocenters. The Kier molecular flexibility index (Phi) is 3.92. The number of hydrogen-bond donors (Lipinski definition) is 0. The topological polar surface area (TPSA) is 55.3 Å². The molecule has 5 heteroatoms. The van der Waals surface area contributed by atoms with Gasteiger partial charge in [-0.1, -0.05) is 0 Å². The van der Waals surface area contributed by atoms with Crippen molar-refractivity contribution < 1.29 is 9.53 Å². The second kappa shape index (κ2) is 6.01. The second-order valence-corrected chi connectivity index (χ2v) is 5.08. The fraction of sp³-hybridized carbons (Fsp3) is 0.312. The number of carbonyl (C=O) groups excluding carboxylic acids is 1. The Morgan fingerprint density at radius 2 is 2.10 bits per heavy atom. The molecule has 0 aliphatic carbocycles. The van der Waals surface area contributed by atoms with Crippen molar-refractivity contribution in [3.8, 4) is 0 Å². The molecule has 0 saturated carbocycles. The van der Waals surface area contributed by atoms with Gasteiger partial charge in [0.25, 0.3) is 5.91 Å². The van der Waals surface area contributed by atoms with Gasteiger partial charge in [-0.15, -0.1) is 0 Å². The van der Waals surface area contributed by atoms with Crippen LogP contribution < -0.4 is 0 Å². The normalized spacial score (nSPS) is 13.9. The van der Waals surface area contributed by atoms with E-state index in [2.05, 4.69) is 9.97 Å². The Balaban J connectivity index is 1.82. The first-order valence-corrected chi connectivity index (χ1v) is 6.92. The summed E-state index contributed by atoms with van der Waals surface area (Å²) in [7, 11) is 1.68. The number of pyridine rings is 2. The predicted octanol–water partition coefficient (Wildman–Crippen LogP) is 1.82. The lowest BCUT2D eigenvalue weighted by molar-refractivity contribution is 0.0733. The fourth-order valence-corrected chi connectivity index (χ4v) is 2.70. The van der Waals surface area contributed by atoms with Crippen molar-refractivity contribution in [2.24, 2.45) is 0 Å². The maximum Gasteiger partial charge on any atom is 0.254 e. The van der Waals surface area contributed by atoms with E-state index in [1.54, 1.807) is 31.6 Å². The van der Waals surface area contributed by atoms with Gasteiger partial charge in [-0.05, 0) is 35.2 Å². The van der Waals surface area contributed by atoms with E-state index in [0.717, 1.165) is 24.1 Å². The number of carbonyl (C=O) groups is 1. The summed E-state index contributed by atoms with van der Waals surface area (Å²) in [5.41, 5.74) is 4.17. The van der Waals surface area contributed by atoms with E-state index < -0.39 is 0 Å². The molecule has 21 heavy (non-hydrogen) atoms. The molecule has 2 aromatic heterocycles. The van der Waals surface area contributed by atoms with Crippen molar-refractivity contribution in [1.82, 2.24) is 14.9 Å². The lowest BCUT2D eigenvalue weighted by atomic mass is 9.97. The first-order chi connectivity index (χ1) is 10.3. The van der Waals surface area contributed by atoms with Crippen LogP contribution in [0.25, 0.3) is 0 Å². The molecule has 1 aliphatic heterocycles. The van der Waals surface area contributed by atoms with E-state index in [4.69, 9.17) is 4.74 Å². The molecule has 3 heterocycles. The van der Waals surface area contributed by atoms with Crippen LogP contribution in [0.15, 0.2) is 36.9 Å². The summed E-state index contributed by atoms with van der Waals surface area (Å²) in [6.45, 7) is 1.88. The molecule has 3 rings (SSSR count). The van der Waals surface area contributed by atoms with Crippen LogP contribution in [0.5, 0.6) is 0 Å². The lowest BCUT2D eigenvalue weighted by Crippen LogP contribution is -2.36. The number of ether oxygens (including phenoxy) is 1. The largest absolute Gasteiger partial charge is 0.380 e. The minimum absolute atomic E-state index is 0.0418. The van der Waals surface area contributed by atoms with Crippen LogP contribution in [0.2, 0.25) is 0 Å². The van der Waals surface area contributed by atoms with Crippen LogP contribution >= 0.6 is 0 Å². The SMILES string of the molecule is COCc1cncc2c1CCN(C(=O)c1ccncc1)C2. The molecule has 0 saturated heterocycles. The molecule has 0 radical (unpaired) electrons. The highest BCUT2D eigenvalue weighted by Crippen LogP contribution is 2.23. The van der Waals surface area contributed by atoms with Gasteiger partial charge in [0.2, 0.25) is 0 Å². The van der Waals surface area contributed by atoms with Gasteiger partial charge in [0, 0.05) is 50.6 Å². The molecule has 1 aliphatic rings. The van der Waals surface area contributed by atoms with E-state index in [1.807, 2.05) is 17.3 Å². The van der Waals surface area contributed by atoms with Crippen LogP contribution in [0.3, 0.4) is 0 Å². The highest BCUT2D eigenvalue weighted by Gasteiger charge is 2.23. The Morgan fingerprint density at radius 3 is 2.86 bits per heavy atom. The third kappa shape index (κ3) is 2.78. The number of rotatable bonds is 3. The molecule has 0 atom stereocenters. The molecule has 0 fully saturated rings. The van der Waals surface area contributed by atoms with Crippen LogP contribution in [0, 0.1) is 0 Å². The van der Waals surface area contributed by atoms with Crippen molar-refractivity contribution in [3.63, 3.8) is 0 Å². The summed E-state index contributed by atoms with van der Waals surface area (Å²) in [6.07, 6.45) is 7.82. The Bertz CT molecular complexity index is 643. The molecule has 1 amide bonds. The molecule has 5 nitrogen and oxygen atoms in total. The van der Waals surface area contributed by atoms with E-state index >= 15 is 0 Å². The number of methoxy groups -OCH3 is 1. The van der Waals surface area contributed by atoms with Crippen LogP contribution in [-0.4, -0.2) is 34.4 Å². The summed E-state index contributed by atoms with van der Waals surface area (Å²) < 4.78 is 5.21. The first kappa shape index (κ1) is 13.7. The number of hydrogen-bond acceptors (Lipinski definition) is 4. The predicted molar refractivity (Wildman–Crippen MR) is 77.6 cm³/mol. The van der Waals surface area contributed by atoms with Gasteiger partial charge in [-0.25, -0.2) is 0 Å². The van der Waals surface area contributed by atoms with Crippen LogP contribution in [0.4, 0.5) is 0 Å². The van der Waals surface area contributed by atoms with E-state index in [1.165, 1.54) is 5.56 Å². The quantitative estimate of drug-likeness (QED) is 0.862. The van der Waals surface area contributed by atoms with Gasteiger partial charge in [0.1, 0.15) is 0 Å². The summed E-state index contributed by atoms with van der Waals surface area (Å²) in [6, 6.07) is 3.49. The summed E-state index contributed by atoms with van der Waals surface area (Å²) >= 11 is 0. The first-order valence-electron chi connectivity index (χ1n) is 6.92. The molecular weight excluding hydrogens is 266 g/mol. The molecule has 2 aromatic rings. The lowest BCUT2D eigenvalue weighted by Gasteiger charge is -2.29. The smallest absolute Gasteiger partial charge is 0.254 e. The van der Waals surface area contributed by atoms with Crippen molar-refractivity contribution in [2.75, 3.05) is 13.7 Å². The highest BCUT2D eigenvalue weighted by atomic mass is 16.5. The zero-order valence-corrected chi connectivity index (χ0v) is 12.0. The second-order valence-electron chi connectivity index (χ2n) is 5.08. The van der Waals surface area contributed by atoms with E-state index in [9.17, 15) is 4.79 Å². The zero-order valence-electron chi connectivity index (χ0n) is 12.0. The van der Waals surface area contributed by atoms with Gasteiger partial charge in [0.15, 0.2) is 0 Å². The molecule has 0 bridgehead atoms. The van der Waals surface area contributed by atoms with Crippen molar-refractivity contribution in [1.29, 1.82) is 0 Å². The van der Waals surface area contributed by atoms with Gasteiger partial charge in [-0.3, -0.25) is 14.8 Å².